The molecule has 0 aromatic heterocycles. The molecule has 4 rings (SSSR count). The Bertz CT molecular complexity index is 1120. The highest BCUT2D eigenvalue weighted by molar-refractivity contribution is 6.03. The van der Waals surface area contributed by atoms with Crippen molar-refractivity contribution in [3.63, 3.8) is 0 Å². The number of amides is 1. The van der Waals surface area contributed by atoms with Gasteiger partial charge in [0.25, 0.3) is 0 Å². The fourth-order valence-electron chi connectivity index (χ4n) is 4.31. The van der Waals surface area contributed by atoms with Gasteiger partial charge in [0.1, 0.15) is 5.82 Å². The third-order valence-electron chi connectivity index (χ3n) is 6.03. The number of carbonyl (C=O) groups is 2. The minimum absolute atomic E-state index is 0.0642. The van der Waals surface area contributed by atoms with Crippen molar-refractivity contribution >= 4 is 23.6 Å². The molecule has 0 unspecified atom stereocenters. The van der Waals surface area contributed by atoms with Crippen molar-refractivity contribution in [1.29, 1.82) is 0 Å². The highest BCUT2D eigenvalue weighted by Crippen LogP contribution is 2.45. The van der Waals surface area contributed by atoms with Crippen LogP contribution >= 0.6 is 0 Å². The smallest absolute Gasteiger partial charge is 0.330 e. The monoisotopic (exact) mass is 443 g/mol. The molecule has 1 aliphatic heterocycles. The Labute approximate surface area is 193 Å². The van der Waals surface area contributed by atoms with Gasteiger partial charge in [-0.2, -0.15) is 0 Å². The molecule has 33 heavy (non-hydrogen) atoms. The largest absolute Gasteiger partial charge is 0.466 e. The van der Waals surface area contributed by atoms with Gasteiger partial charge in [0, 0.05) is 11.8 Å². The number of hydrogen-bond donors (Lipinski definition) is 0. The van der Waals surface area contributed by atoms with E-state index in [0.717, 1.165) is 30.4 Å². The highest BCUT2D eigenvalue weighted by Gasteiger charge is 2.48. The van der Waals surface area contributed by atoms with Crippen molar-refractivity contribution in [2.24, 2.45) is 5.92 Å². The average Bonchev–Trinajstić information content (AvgIpc) is 2.85. The molecule has 0 N–H and O–H groups in total. The van der Waals surface area contributed by atoms with E-state index >= 15 is 0 Å². The number of aryl methyl sites for hydroxylation is 1. The number of ether oxygens (including phenoxy) is 1. The van der Waals surface area contributed by atoms with Gasteiger partial charge >= 0.3 is 5.97 Å². The number of halogens is 1. The summed E-state index contributed by atoms with van der Waals surface area (Å²) >= 11 is 0. The predicted molar refractivity (Wildman–Crippen MR) is 127 cm³/mol. The Morgan fingerprint density at radius 2 is 1.70 bits per heavy atom. The molecule has 5 heteroatoms. The third-order valence-corrected chi connectivity index (χ3v) is 6.03. The first-order valence-corrected chi connectivity index (χ1v) is 11.1. The second-order valence-electron chi connectivity index (χ2n) is 8.14. The average molecular weight is 444 g/mol. The molecule has 1 amide bonds. The molecule has 0 saturated carbocycles. The second kappa shape index (κ2) is 10.3. The van der Waals surface area contributed by atoms with Crippen LogP contribution in [0.25, 0.3) is 6.08 Å². The first-order valence-electron chi connectivity index (χ1n) is 11.1. The number of benzene rings is 3. The lowest BCUT2D eigenvalue weighted by Gasteiger charge is -2.47. The molecule has 4 nitrogen and oxygen atoms in total. The summed E-state index contributed by atoms with van der Waals surface area (Å²) in [6, 6.07) is 24.0. The SMILES string of the molecule is COC(=O)C=Cc1ccc([C@@H]2[C@@H](CCCc3ccccc3)C(=O)N2c2ccc(F)cc2)cc1. The van der Waals surface area contributed by atoms with Crippen LogP contribution in [0.3, 0.4) is 0 Å². The van der Waals surface area contributed by atoms with Crippen LogP contribution in [-0.4, -0.2) is 19.0 Å². The maximum Gasteiger partial charge on any atom is 0.330 e. The first-order chi connectivity index (χ1) is 16.1. The van der Waals surface area contributed by atoms with E-state index in [1.165, 1.54) is 30.9 Å². The number of esters is 1. The quantitative estimate of drug-likeness (QED) is 0.253. The van der Waals surface area contributed by atoms with E-state index in [1.54, 1.807) is 23.1 Å². The van der Waals surface area contributed by atoms with E-state index in [0.29, 0.717) is 5.69 Å². The normalized spacial score (nSPS) is 17.8. The fraction of sp³-hybridized carbons (Fsp3) is 0.214. The first kappa shape index (κ1) is 22.5. The highest BCUT2D eigenvalue weighted by atomic mass is 19.1. The molecule has 0 aliphatic carbocycles. The summed E-state index contributed by atoms with van der Waals surface area (Å²) in [7, 11) is 1.34. The van der Waals surface area contributed by atoms with E-state index in [1.807, 2.05) is 42.5 Å². The van der Waals surface area contributed by atoms with E-state index < -0.39 is 5.97 Å². The number of β-lactam (4-membered cyclic amide) rings is 1. The maximum atomic E-state index is 13.5. The third kappa shape index (κ3) is 5.20. The van der Waals surface area contributed by atoms with Crippen LogP contribution in [0, 0.1) is 11.7 Å². The Hall–Kier alpha value is -3.73. The summed E-state index contributed by atoms with van der Waals surface area (Å²) in [6.45, 7) is 0. The maximum absolute atomic E-state index is 13.5. The van der Waals surface area contributed by atoms with Gasteiger partial charge in [0.15, 0.2) is 0 Å². The van der Waals surface area contributed by atoms with Crippen molar-refractivity contribution in [1.82, 2.24) is 0 Å². The van der Waals surface area contributed by atoms with Gasteiger partial charge in [-0.05, 0) is 66.3 Å². The zero-order valence-electron chi connectivity index (χ0n) is 18.5. The minimum atomic E-state index is -0.412. The van der Waals surface area contributed by atoms with Crippen molar-refractivity contribution in [3.8, 4) is 0 Å². The number of nitrogens with zero attached hydrogens (tertiary/aromatic N) is 1. The topological polar surface area (TPSA) is 46.6 Å². The lowest BCUT2D eigenvalue weighted by atomic mass is 9.78. The zero-order chi connectivity index (χ0) is 23.2. The molecule has 0 spiro atoms. The molecule has 168 valence electrons. The summed E-state index contributed by atoms with van der Waals surface area (Å²) in [4.78, 5) is 26.2. The van der Waals surface area contributed by atoms with Crippen LogP contribution in [-0.2, 0) is 20.7 Å². The molecular weight excluding hydrogens is 417 g/mol. The van der Waals surface area contributed by atoms with Gasteiger partial charge in [-0.15, -0.1) is 0 Å². The van der Waals surface area contributed by atoms with Crippen LogP contribution in [0.1, 0.15) is 35.6 Å². The summed E-state index contributed by atoms with van der Waals surface area (Å²) in [5, 5.41) is 0. The van der Waals surface area contributed by atoms with E-state index in [4.69, 9.17) is 0 Å². The van der Waals surface area contributed by atoms with E-state index in [2.05, 4.69) is 16.9 Å². The van der Waals surface area contributed by atoms with Gasteiger partial charge in [0.2, 0.25) is 5.91 Å². The number of rotatable bonds is 8. The summed E-state index contributed by atoms with van der Waals surface area (Å²) in [5.74, 6) is -0.807. The molecule has 0 bridgehead atoms. The zero-order valence-corrected chi connectivity index (χ0v) is 18.5. The molecule has 3 aromatic carbocycles. The van der Waals surface area contributed by atoms with Gasteiger partial charge < -0.3 is 9.64 Å². The Morgan fingerprint density at radius 3 is 2.36 bits per heavy atom. The van der Waals surface area contributed by atoms with Crippen molar-refractivity contribution in [2.75, 3.05) is 12.0 Å². The lowest BCUT2D eigenvalue weighted by Crippen LogP contribution is -2.55. The molecule has 1 saturated heterocycles. The van der Waals surface area contributed by atoms with Gasteiger partial charge in [-0.1, -0.05) is 54.6 Å². The Kier molecular flexibility index (Phi) is 6.98. The van der Waals surface area contributed by atoms with E-state index in [-0.39, 0.29) is 23.7 Å². The molecule has 2 atom stereocenters. The minimum Gasteiger partial charge on any atom is -0.466 e. The molecule has 1 aliphatic rings. The standard InChI is InChI=1S/C28H26FNO3/c1-33-26(31)19-12-21-10-13-22(14-11-21)27-25(9-5-8-20-6-3-2-4-7-20)28(32)30(27)24-17-15-23(29)16-18-24/h2-4,6-7,10-19,25,27H,5,8-9H2,1H3/t25-,27-/m1/s1. The summed E-state index contributed by atoms with van der Waals surface area (Å²) in [6.07, 6.45) is 5.68. The van der Waals surface area contributed by atoms with Crippen LogP contribution < -0.4 is 4.90 Å². The summed E-state index contributed by atoms with van der Waals surface area (Å²) < 4.78 is 18.1. The Morgan fingerprint density at radius 1 is 1.00 bits per heavy atom. The van der Waals surface area contributed by atoms with Crippen molar-refractivity contribution in [2.45, 2.75) is 25.3 Å². The van der Waals surface area contributed by atoms with Crippen LogP contribution in [0.5, 0.6) is 0 Å². The molecule has 1 fully saturated rings. The number of hydrogen-bond acceptors (Lipinski definition) is 3. The van der Waals surface area contributed by atoms with E-state index in [9.17, 15) is 14.0 Å². The lowest BCUT2D eigenvalue weighted by molar-refractivity contribution is -0.134. The predicted octanol–water partition coefficient (Wildman–Crippen LogP) is 5.74. The van der Waals surface area contributed by atoms with Crippen LogP contribution in [0.2, 0.25) is 0 Å². The van der Waals surface area contributed by atoms with Crippen LogP contribution in [0.4, 0.5) is 10.1 Å². The fourth-order valence-corrected chi connectivity index (χ4v) is 4.31. The van der Waals surface area contributed by atoms with Crippen molar-refractivity contribution in [3.05, 3.63) is 107 Å². The number of anilines is 1. The van der Waals surface area contributed by atoms with Crippen molar-refractivity contribution < 1.29 is 18.7 Å². The van der Waals surface area contributed by atoms with Gasteiger partial charge in [-0.3, -0.25) is 4.79 Å². The molecular formula is C28H26FNO3. The second-order valence-corrected chi connectivity index (χ2v) is 8.14. The summed E-state index contributed by atoms with van der Waals surface area (Å²) in [5.41, 5.74) is 3.83. The van der Waals surface area contributed by atoms with Gasteiger partial charge in [0.05, 0.1) is 19.1 Å². The molecule has 1 heterocycles. The van der Waals surface area contributed by atoms with Crippen LogP contribution in [0.15, 0.2) is 84.9 Å². The molecule has 3 aromatic rings. The van der Waals surface area contributed by atoms with Gasteiger partial charge in [-0.25, -0.2) is 9.18 Å². The molecule has 0 radical (unpaired) electrons. The number of methoxy groups -OCH3 is 1. The number of carbonyl (C=O) groups excluding carboxylic acids is 2. The Balaban J connectivity index is 1.53.